The molecule has 0 spiro atoms. The molecule has 7 heteroatoms. The molecule has 5 rings (SSSR count). The van der Waals surface area contributed by atoms with Crippen LogP contribution in [0.4, 0.5) is 0 Å². The summed E-state index contributed by atoms with van der Waals surface area (Å²) in [7, 11) is 0. The summed E-state index contributed by atoms with van der Waals surface area (Å²) in [6.07, 6.45) is 7.56. The number of hydrogen-bond acceptors (Lipinski definition) is 4. The predicted molar refractivity (Wildman–Crippen MR) is 123 cm³/mol. The number of hydrogen-bond donors (Lipinski definition) is 0. The van der Waals surface area contributed by atoms with E-state index in [4.69, 9.17) is 28.2 Å². The second-order valence-corrected chi connectivity index (χ2v) is 8.02. The molecule has 0 saturated heterocycles. The fraction of sp³-hybridized carbons (Fsp3) is 0.0833. The molecule has 0 saturated carbocycles. The molecule has 31 heavy (non-hydrogen) atoms. The minimum Gasteiger partial charge on any atom is -0.323 e. The molecule has 152 valence electrons. The molecule has 0 aliphatic heterocycles. The first kappa shape index (κ1) is 19.7. The average Bonchev–Trinajstić information content (AvgIpc) is 3.13. The Morgan fingerprint density at radius 3 is 2.48 bits per heavy atom. The summed E-state index contributed by atoms with van der Waals surface area (Å²) in [5, 5.41) is 1.33. The molecule has 0 radical (unpaired) electrons. The summed E-state index contributed by atoms with van der Waals surface area (Å²) in [5.41, 5.74) is 5.87. The standard InChI is InChI=1S/C24H17Cl2N5/c25-19-2-3-20(26)18(12-19)14-31-23-13-17(21-7-10-28-15-29-21)1-4-22(23)30-24(31)11-16-5-8-27-9-6-16/h1-10,12-13,15H,11,14H2. The number of aromatic nitrogens is 5. The molecule has 5 aromatic rings. The molecule has 0 unspecified atom stereocenters. The van der Waals surface area contributed by atoms with Gasteiger partial charge in [0.2, 0.25) is 0 Å². The Kier molecular flexibility index (Phi) is 5.37. The summed E-state index contributed by atoms with van der Waals surface area (Å²) >= 11 is 12.7. The monoisotopic (exact) mass is 445 g/mol. The van der Waals surface area contributed by atoms with Crippen LogP contribution in [-0.4, -0.2) is 24.5 Å². The van der Waals surface area contributed by atoms with Crippen molar-refractivity contribution in [3.8, 4) is 11.3 Å². The molecule has 3 aromatic heterocycles. The van der Waals surface area contributed by atoms with Gasteiger partial charge in [0.25, 0.3) is 0 Å². The van der Waals surface area contributed by atoms with Crippen molar-refractivity contribution in [1.82, 2.24) is 24.5 Å². The first-order chi connectivity index (χ1) is 15.2. The number of fused-ring (bicyclic) bond motifs is 1. The number of pyridine rings is 1. The van der Waals surface area contributed by atoms with Crippen molar-refractivity contribution in [1.29, 1.82) is 0 Å². The molecule has 0 bridgehead atoms. The zero-order chi connectivity index (χ0) is 21.2. The highest BCUT2D eigenvalue weighted by atomic mass is 35.5. The third-order valence-electron chi connectivity index (χ3n) is 5.15. The summed E-state index contributed by atoms with van der Waals surface area (Å²) in [5.74, 6) is 0.942. The van der Waals surface area contributed by atoms with E-state index in [2.05, 4.69) is 25.6 Å². The zero-order valence-electron chi connectivity index (χ0n) is 16.4. The molecular formula is C24H17Cl2N5. The van der Waals surface area contributed by atoms with Crippen LogP contribution in [0, 0.1) is 0 Å². The Bertz CT molecular complexity index is 1350. The van der Waals surface area contributed by atoms with E-state index in [1.165, 1.54) is 0 Å². The lowest BCUT2D eigenvalue weighted by atomic mass is 10.1. The van der Waals surface area contributed by atoms with Crippen LogP contribution in [0.5, 0.6) is 0 Å². The molecule has 0 atom stereocenters. The molecular weight excluding hydrogens is 429 g/mol. The molecule has 0 aliphatic rings. The van der Waals surface area contributed by atoms with Gasteiger partial charge in [-0.3, -0.25) is 4.98 Å². The van der Waals surface area contributed by atoms with E-state index in [1.54, 1.807) is 31.0 Å². The van der Waals surface area contributed by atoms with Gasteiger partial charge in [0.15, 0.2) is 0 Å². The van der Waals surface area contributed by atoms with Crippen LogP contribution < -0.4 is 0 Å². The van der Waals surface area contributed by atoms with Crippen LogP contribution in [0.2, 0.25) is 10.0 Å². The highest BCUT2D eigenvalue weighted by Gasteiger charge is 2.15. The fourth-order valence-electron chi connectivity index (χ4n) is 3.62. The van der Waals surface area contributed by atoms with Crippen molar-refractivity contribution in [3.63, 3.8) is 0 Å². The Labute approximate surface area is 189 Å². The van der Waals surface area contributed by atoms with E-state index in [9.17, 15) is 0 Å². The number of nitrogens with zero attached hydrogens (tertiary/aromatic N) is 5. The second kappa shape index (κ2) is 8.46. The Balaban J connectivity index is 1.65. The number of benzene rings is 2. The zero-order valence-corrected chi connectivity index (χ0v) is 17.9. The van der Waals surface area contributed by atoms with E-state index in [0.29, 0.717) is 23.0 Å². The molecule has 0 fully saturated rings. The quantitative estimate of drug-likeness (QED) is 0.341. The van der Waals surface area contributed by atoms with Gasteiger partial charge in [-0.25, -0.2) is 15.0 Å². The molecule has 0 amide bonds. The van der Waals surface area contributed by atoms with Gasteiger partial charge in [-0.2, -0.15) is 0 Å². The van der Waals surface area contributed by atoms with Gasteiger partial charge < -0.3 is 4.57 Å². The van der Waals surface area contributed by atoms with E-state index in [1.807, 2.05) is 42.5 Å². The number of halogens is 2. The lowest BCUT2D eigenvalue weighted by Crippen LogP contribution is -2.06. The summed E-state index contributed by atoms with van der Waals surface area (Å²) in [6.45, 7) is 0.559. The van der Waals surface area contributed by atoms with Gasteiger partial charge in [0.05, 0.1) is 23.3 Å². The van der Waals surface area contributed by atoms with Gasteiger partial charge in [0.1, 0.15) is 12.2 Å². The van der Waals surface area contributed by atoms with Gasteiger partial charge in [0, 0.05) is 40.6 Å². The van der Waals surface area contributed by atoms with Crippen LogP contribution in [0.25, 0.3) is 22.3 Å². The summed E-state index contributed by atoms with van der Waals surface area (Å²) < 4.78 is 2.19. The van der Waals surface area contributed by atoms with Crippen LogP contribution in [0.1, 0.15) is 17.0 Å². The summed E-state index contributed by atoms with van der Waals surface area (Å²) in [4.78, 5) is 17.4. The third-order valence-corrected chi connectivity index (χ3v) is 5.76. The summed E-state index contributed by atoms with van der Waals surface area (Å²) in [6, 6.07) is 17.6. The molecule has 2 aromatic carbocycles. The molecule has 0 aliphatic carbocycles. The largest absolute Gasteiger partial charge is 0.323 e. The van der Waals surface area contributed by atoms with Crippen LogP contribution in [0.15, 0.2) is 79.5 Å². The lowest BCUT2D eigenvalue weighted by molar-refractivity contribution is 0.762. The topological polar surface area (TPSA) is 56.5 Å². The van der Waals surface area contributed by atoms with Crippen molar-refractivity contribution in [3.05, 3.63) is 107 Å². The fourth-order valence-corrected chi connectivity index (χ4v) is 3.99. The van der Waals surface area contributed by atoms with Gasteiger partial charge in [-0.05, 0) is 59.7 Å². The van der Waals surface area contributed by atoms with E-state index >= 15 is 0 Å². The van der Waals surface area contributed by atoms with Crippen LogP contribution in [0.3, 0.4) is 0 Å². The maximum absolute atomic E-state index is 6.49. The van der Waals surface area contributed by atoms with E-state index in [0.717, 1.165) is 39.2 Å². The van der Waals surface area contributed by atoms with Crippen molar-refractivity contribution in [2.75, 3.05) is 0 Å². The Morgan fingerprint density at radius 2 is 1.68 bits per heavy atom. The lowest BCUT2D eigenvalue weighted by Gasteiger charge is -2.12. The van der Waals surface area contributed by atoms with Gasteiger partial charge in [-0.15, -0.1) is 0 Å². The minimum absolute atomic E-state index is 0.559. The van der Waals surface area contributed by atoms with Crippen LogP contribution >= 0.6 is 23.2 Å². The highest BCUT2D eigenvalue weighted by Crippen LogP contribution is 2.28. The maximum atomic E-state index is 6.49. The number of rotatable bonds is 5. The van der Waals surface area contributed by atoms with Gasteiger partial charge >= 0.3 is 0 Å². The third kappa shape index (κ3) is 4.15. The van der Waals surface area contributed by atoms with E-state index in [-0.39, 0.29) is 0 Å². The SMILES string of the molecule is Clc1ccc(Cl)c(Cn2c(Cc3ccncc3)nc3ccc(-c4ccncn4)cc32)c1. The Hall–Kier alpha value is -3.28. The van der Waals surface area contributed by atoms with Gasteiger partial charge in [-0.1, -0.05) is 29.3 Å². The van der Waals surface area contributed by atoms with E-state index < -0.39 is 0 Å². The first-order valence-electron chi connectivity index (χ1n) is 9.76. The second-order valence-electron chi connectivity index (χ2n) is 7.18. The highest BCUT2D eigenvalue weighted by molar-refractivity contribution is 6.33. The van der Waals surface area contributed by atoms with Crippen molar-refractivity contribution >= 4 is 34.2 Å². The first-order valence-corrected chi connectivity index (χ1v) is 10.5. The normalized spacial score (nSPS) is 11.2. The maximum Gasteiger partial charge on any atom is 0.116 e. The average molecular weight is 446 g/mol. The molecule has 0 N–H and O–H groups in total. The van der Waals surface area contributed by atoms with Crippen LogP contribution in [-0.2, 0) is 13.0 Å². The Morgan fingerprint density at radius 1 is 0.839 bits per heavy atom. The predicted octanol–water partition coefficient (Wildman–Crippen LogP) is 5.83. The number of imidazole rings is 1. The van der Waals surface area contributed by atoms with Crippen molar-refractivity contribution in [2.45, 2.75) is 13.0 Å². The smallest absolute Gasteiger partial charge is 0.116 e. The molecule has 5 nitrogen and oxygen atoms in total. The van der Waals surface area contributed by atoms with Crippen molar-refractivity contribution < 1.29 is 0 Å². The molecule has 3 heterocycles. The minimum atomic E-state index is 0.559. The van der Waals surface area contributed by atoms with Crippen molar-refractivity contribution in [2.24, 2.45) is 0 Å².